The number of amides is 2. The third-order valence-electron chi connectivity index (χ3n) is 3.63. The third-order valence-corrected chi connectivity index (χ3v) is 3.63. The Kier molecular flexibility index (Phi) is 3.86. The Morgan fingerprint density at radius 1 is 1.36 bits per heavy atom. The van der Waals surface area contributed by atoms with Gasteiger partial charge in [-0.25, -0.2) is 0 Å². The van der Waals surface area contributed by atoms with Crippen molar-refractivity contribution in [3.63, 3.8) is 0 Å². The number of aryl methyl sites for hydroxylation is 1. The Morgan fingerprint density at radius 2 is 2.23 bits per heavy atom. The van der Waals surface area contributed by atoms with E-state index >= 15 is 0 Å². The molecular weight excluding hydrogens is 282 g/mol. The lowest BCUT2D eigenvalue weighted by atomic mass is 10.1. The van der Waals surface area contributed by atoms with Crippen LogP contribution >= 0.6 is 0 Å². The quantitative estimate of drug-likeness (QED) is 0.863. The summed E-state index contributed by atoms with van der Waals surface area (Å²) in [5.74, 6) is -0.420. The van der Waals surface area contributed by atoms with Gasteiger partial charge < -0.3 is 10.6 Å². The van der Waals surface area contributed by atoms with Crippen LogP contribution in [0, 0.1) is 0 Å². The van der Waals surface area contributed by atoms with E-state index in [-0.39, 0.29) is 11.8 Å². The maximum atomic E-state index is 12.3. The van der Waals surface area contributed by atoms with Crippen molar-refractivity contribution in [1.82, 2.24) is 25.4 Å². The minimum atomic E-state index is -0.469. The van der Waals surface area contributed by atoms with E-state index in [1.54, 1.807) is 23.1 Å². The summed E-state index contributed by atoms with van der Waals surface area (Å²) < 4.78 is 1.69. The van der Waals surface area contributed by atoms with Crippen molar-refractivity contribution in [2.45, 2.75) is 18.9 Å². The maximum Gasteiger partial charge on any atom is 0.253 e. The van der Waals surface area contributed by atoms with Crippen LogP contribution in [0.3, 0.4) is 0 Å². The highest BCUT2D eigenvalue weighted by Gasteiger charge is 2.24. The zero-order valence-corrected chi connectivity index (χ0v) is 12.2. The van der Waals surface area contributed by atoms with E-state index in [1.165, 1.54) is 6.20 Å². The molecule has 1 saturated heterocycles. The standard InChI is InChI=1S/C15H17N5O2/c1-20-9-12(8-18-20)10-5-11(7-16-6-10)14(21)19-13-3-2-4-17-15(13)22/h5-9,13H,2-4H2,1H3,(H,17,22)(H,19,21). The first-order valence-electron chi connectivity index (χ1n) is 7.16. The molecule has 0 spiro atoms. The van der Waals surface area contributed by atoms with Crippen molar-refractivity contribution in [2.75, 3.05) is 6.54 Å². The van der Waals surface area contributed by atoms with Gasteiger partial charge in [-0.1, -0.05) is 0 Å². The van der Waals surface area contributed by atoms with Crippen LogP contribution in [0.15, 0.2) is 30.9 Å². The van der Waals surface area contributed by atoms with Gasteiger partial charge in [-0.3, -0.25) is 19.3 Å². The topological polar surface area (TPSA) is 88.9 Å². The largest absolute Gasteiger partial charge is 0.354 e. The Morgan fingerprint density at radius 3 is 2.95 bits per heavy atom. The van der Waals surface area contributed by atoms with E-state index in [0.29, 0.717) is 18.5 Å². The molecule has 0 bridgehead atoms. The Labute approximate surface area is 127 Å². The lowest BCUT2D eigenvalue weighted by molar-refractivity contribution is -0.124. The molecule has 2 N–H and O–H groups in total. The fraction of sp³-hybridized carbons (Fsp3) is 0.333. The summed E-state index contributed by atoms with van der Waals surface area (Å²) in [4.78, 5) is 28.1. The molecular formula is C15H17N5O2. The van der Waals surface area contributed by atoms with Gasteiger partial charge in [0.1, 0.15) is 6.04 Å². The summed E-state index contributed by atoms with van der Waals surface area (Å²) in [7, 11) is 1.83. The molecule has 2 amide bonds. The maximum absolute atomic E-state index is 12.3. The molecule has 7 nitrogen and oxygen atoms in total. The van der Waals surface area contributed by atoms with Gasteiger partial charge in [0, 0.05) is 43.3 Å². The second-order valence-corrected chi connectivity index (χ2v) is 5.32. The van der Waals surface area contributed by atoms with Gasteiger partial charge in [-0.05, 0) is 18.9 Å². The van der Waals surface area contributed by atoms with Crippen molar-refractivity contribution in [3.8, 4) is 11.1 Å². The smallest absolute Gasteiger partial charge is 0.253 e. The molecule has 114 valence electrons. The lowest BCUT2D eigenvalue weighted by Gasteiger charge is -2.22. The molecule has 1 aliphatic rings. The highest BCUT2D eigenvalue weighted by atomic mass is 16.2. The van der Waals surface area contributed by atoms with Crippen LogP contribution in [-0.2, 0) is 11.8 Å². The average molecular weight is 299 g/mol. The molecule has 1 fully saturated rings. The van der Waals surface area contributed by atoms with Gasteiger partial charge in [-0.15, -0.1) is 0 Å². The number of carbonyl (C=O) groups is 2. The first kappa shape index (κ1) is 14.2. The first-order valence-corrected chi connectivity index (χ1v) is 7.16. The highest BCUT2D eigenvalue weighted by Crippen LogP contribution is 2.18. The second kappa shape index (κ2) is 5.97. The van der Waals surface area contributed by atoms with Gasteiger partial charge in [0.05, 0.1) is 11.8 Å². The first-order chi connectivity index (χ1) is 10.6. The lowest BCUT2D eigenvalue weighted by Crippen LogP contribution is -2.50. The monoisotopic (exact) mass is 299 g/mol. The van der Waals surface area contributed by atoms with Crippen LogP contribution in [0.2, 0.25) is 0 Å². The van der Waals surface area contributed by atoms with E-state index in [9.17, 15) is 9.59 Å². The van der Waals surface area contributed by atoms with E-state index < -0.39 is 6.04 Å². The Bertz CT molecular complexity index is 709. The fourth-order valence-corrected chi connectivity index (χ4v) is 2.44. The zero-order valence-electron chi connectivity index (χ0n) is 12.2. The molecule has 0 radical (unpaired) electrons. The molecule has 0 aliphatic carbocycles. The van der Waals surface area contributed by atoms with Crippen LogP contribution in [0.1, 0.15) is 23.2 Å². The van der Waals surface area contributed by atoms with Gasteiger partial charge in [0.25, 0.3) is 5.91 Å². The number of piperidine rings is 1. The van der Waals surface area contributed by atoms with Gasteiger partial charge in [0.15, 0.2) is 0 Å². The number of hydrogen-bond donors (Lipinski definition) is 2. The third kappa shape index (κ3) is 2.98. The molecule has 1 unspecified atom stereocenters. The molecule has 2 aromatic heterocycles. The van der Waals surface area contributed by atoms with Crippen LogP contribution < -0.4 is 10.6 Å². The van der Waals surface area contributed by atoms with Crippen molar-refractivity contribution < 1.29 is 9.59 Å². The molecule has 22 heavy (non-hydrogen) atoms. The second-order valence-electron chi connectivity index (χ2n) is 5.32. The molecule has 0 saturated carbocycles. The van der Waals surface area contributed by atoms with Gasteiger partial charge >= 0.3 is 0 Å². The van der Waals surface area contributed by atoms with Crippen LogP contribution in [0.5, 0.6) is 0 Å². The molecule has 7 heteroatoms. The van der Waals surface area contributed by atoms with Crippen molar-refractivity contribution >= 4 is 11.8 Å². The van der Waals surface area contributed by atoms with Gasteiger partial charge in [0.2, 0.25) is 5.91 Å². The molecule has 0 aromatic carbocycles. The normalized spacial score (nSPS) is 17.9. The molecule has 3 heterocycles. The van der Waals surface area contributed by atoms with Crippen LogP contribution in [-0.4, -0.2) is 39.2 Å². The van der Waals surface area contributed by atoms with Crippen LogP contribution in [0.25, 0.3) is 11.1 Å². The van der Waals surface area contributed by atoms with Gasteiger partial charge in [-0.2, -0.15) is 5.10 Å². The van der Waals surface area contributed by atoms with Crippen molar-refractivity contribution in [3.05, 3.63) is 36.4 Å². The number of rotatable bonds is 3. The Balaban J connectivity index is 1.76. The van der Waals surface area contributed by atoms with Crippen molar-refractivity contribution in [2.24, 2.45) is 7.05 Å². The molecule has 3 rings (SSSR count). The number of pyridine rings is 1. The number of hydrogen-bond acceptors (Lipinski definition) is 4. The summed E-state index contributed by atoms with van der Waals surface area (Å²) in [6.45, 7) is 0.670. The predicted molar refractivity (Wildman–Crippen MR) is 79.9 cm³/mol. The summed E-state index contributed by atoms with van der Waals surface area (Å²) in [6.07, 6.45) is 8.27. The van der Waals surface area contributed by atoms with E-state index in [1.807, 2.05) is 13.2 Å². The van der Waals surface area contributed by atoms with Crippen molar-refractivity contribution in [1.29, 1.82) is 0 Å². The molecule has 1 atom stereocenters. The summed E-state index contributed by atoms with van der Waals surface area (Å²) in [5, 5.41) is 9.61. The summed E-state index contributed by atoms with van der Waals surface area (Å²) >= 11 is 0. The van der Waals surface area contributed by atoms with E-state index in [0.717, 1.165) is 17.5 Å². The van der Waals surface area contributed by atoms with Crippen LogP contribution in [0.4, 0.5) is 0 Å². The fourth-order valence-electron chi connectivity index (χ4n) is 2.44. The number of aromatic nitrogens is 3. The summed E-state index contributed by atoms with van der Waals surface area (Å²) in [6, 6.07) is 1.28. The average Bonchev–Trinajstić information content (AvgIpc) is 2.96. The number of nitrogens with zero attached hydrogens (tertiary/aromatic N) is 3. The highest BCUT2D eigenvalue weighted by molar-refractivity contribution is 5.98. The predicted octanol–water partition coefficient (Wildman–Crippen LogP) is 0.490. The zero-order chi connectivity index (χ0) is 15.5. The minimum Gasteiger partial charge on any atom is -0.354 e. The number of nitrogens with one attached hydrogen (secondary N) is 2. The number of carbonyl (C=O) groups excluding carboxylic acids is 2. The molecule has 1 aliphatic heterocycles. The van der Waals surface area contributed by atoms with E-state index in [2.05, 4.69) is 20.7 Å². The molecule has 2 aromatic rings. The Hall–Kier alpha value is -2.70. The summed E-state index contributed by atoms with van der Waals surface area (Å²) in [5.41, 5.74) is 2.13. The SMILES string of the molecule is Cn1cc(-c2cncc(C(=O)NC3CCCNC3=O)c2)cn1. The van der Waals surface area contributed by atoms with E-state index in [4.69, 9.17) is 0 Å². The minimum absolute atomic E-state index is 0.129.